The molecule has 5 nitrogen and oxygen atoms in total. The number of amides is 1. The third kappa shape index (κ3) is 5.15. The number of hydrogen-bond donors (Lipinski definition) is 2. The molecule has 1 aromatic carbocycles. The summed E-state index contributed by atoms with van der Waals surface area (Å²) in [6.45, 7) is 0.945. The van der Waals surface area contributed by atoms with E-state index < -0.39 is 11.9 Å². The monoisotopic (exact) mass is 318 g/mol. The average molecular weight is 319 g/mol. The molecule has 0 radical (unpaired) electrons. The maximum Gasteiger partial charge on any atom is 0.249 e. The van der Waals surface area contributed by atoms with Gasteiger partial charge in [0.2, 0.25) is 5.91 Å². The fraction of sp³-hybridized carbons (Fsp3) is 0.500. The van der Waals surface area contributed by atoms with Gasteiger partial charge in [0.25, 0.3) is 0 Å². The second-order valence-electron chi connectivity index (χ2n) is 4.63. The van der Waals surface area contributed by atoms with E-state index in [4.69, 9.17) is 15.2 Å². The number of para-hydroxylation sites is 1. The smallest absolute Gasteiger partial charge is 0.249 e. The van der Waals surface area contributed by atoms with Crippen LogP contribution in [0.2, 0.25) is 0 Å². The lowest BCUT2D eigenvalue weighted by molar-refractivity contribution is -0.131. The van der Waals surface area contributed by atoms with Gasteiger partial charge in [-0.05, 0) is 25.0 Å². The summed E-state index contributed by atoms with van der Waals surface area (Å²) in [6.07, 6.45) is 1.03. The van der Waals surface area contributed by atoms with Crippen LogP contribution in [0.5, 0.6) is 5.75 Å². The van der Waals surface area contributed by atoms with Crippen LogP contribution in [0.1, 0.15) is 12.8 Å². The molecule has 21 heavy (non-hydrogen) atoms. The molecular formula is C14H20ClFN2O3. The molecule has 3 N–H and O–H groups in total. The van der Waals surface area contributed by atoms with Crippen LogP contribution in [0, 0.1) is 5.82 Å². The Morgan fingerprint density at radius 3 is 2.86 bits per heavy atom. The lowest BCUT2D eigenvalue weighted by Gasteiger charge is -2.13. The van der Waals surface area contributed by atoms with Gasteiger partial charge in [-0.25, -0.2) is 4.39 Å². The van der Waals surface area contributed by atoms with Crippen molar-refractivity contribution in [2.75, 3.05) is 19.7 Å². The van der Waals surface area contributed by atoms with E-state index in [0.29, 0.717) is 19.5 Å². The van der Waals surface area contributed by atoms with Gasteiger partial charge in [-0.1, -0.05) is 12.1 Å². The number of nitrogens with one attached hydrogen (secondary N) is 1. The van der Waals surface area contributed by atoms with Gasteiger partial charge in [0.15, 0.2) is 11.6 Å². The molecular weight excluding hydrogens is 299 g/mol. The minimum absolute atomic E-state index is 0. The Balaban J connectivity index is 0.00000220. The predicted molar refractivity (Wildman–Crippen MR) is 79.1 cm³/mol. The number of rotatable bonds is 6. The van der Waals surface area contributed by atoms with Gasteiger partial charge in [-0.2, -0.15) is 0 Å². The molecule has 1 fully saturated rings. The van der Waals surface area contributed by atoms with E-state index in [0.717, 1.165) is 6.42 Å². The fourth-order valence-electron chi connectivity index (χ4n) is 2.08. The highest BCUT2D eigenvalue weighted by atomic mass is 35.5. The molecule has 0 aliphatic carbocycles. The first-order valence-electron chi connectivity index (χ1n) is 6.71. The van der Waals surface area contributed by atoms with E-state index in [1.807, 2.05) is 0 Å². The standard InChI is InChI=1S/C14H19FN2O3.ClH/c15-11-3-1-2-4-12(11)19-8-7-17-14(18)13-6-5-10(9-16)20-13;/h1-4,10,13H,5-9,16H2,(H,17,18);1H/t10-,13+;/m1./s1. The average Bonchev–Trinajstić information content (AvgIpc) is 2.94. The van der Waals surface area contributed by atoms with Crippen molar-refractivity contribution in [3.8, 4) is 5.75 Å². The zero-order valence-electron chi connectivity index (χ0n) is 11.6. The molecule has 118 valence electrons. The Morgan fingerprint density at radius 2 is 2.19 bits per heavy atom. The summed E-state index contributed by atoms with van der Waals surface area (Å²) in [5, 5.41) is 2.71. The number of hydrogen-bond acceptors (Lipinski definition) is 4. The molecule has 2 rings (SSSR count). The zero-order valence-corrected chi connectivity index (χ0v) is 12.4. The number of nitrogens with two attached hydrogens (primary N) is 1. The molecule has 1 amide bonds. The van der Waals surface area contributed by atoms with Crippen LogP contribution in [0.25, 0.3) is 0 Å². The minimum atomic E-state index is -0.433. The number of ether oxygens (including phenoxy) is 2. The Bertz CT molecular complexity index is 462. The van der Waals surface area contributed by atoms with Crippen LogP contribution in [-0.2, 0) is 9.53 Å². The van der Waals surface area contributed by atoms with E-state index >= 15 is 0 Å². The molecule has 0 bridgehead atoms. The van der Waals surface area contributed by atoms with E-state index in [9.17, 15) is 9.18 Å². The summed E-state index contributed by atoms with van der Waals surface area (Å²) in [5.74, 6) is -0.399. The number of carbonyl (C=O) groups excluding carboxylic acids is 1. The Hall–Kier alpha value is -1.37. The predicted octanol–water partition coefficient (Wildman–Crippen LogP) is 1.25. The van der Waals surface area contributed by atoms with Crippen molar-refractivity contribution in [2.24, 2.45) is 5.73 Å². The maximum atomic E-state index is 13.3. The van der Waals surface area contributed by atoms with Crippen molar-refractivity contribution in [1.29, 1.82) is 0 Å². The second-order valence-corrected chi connectivity index (χ2v) is 4.63. The minimum Gasteiger partial charge on any atom is -0.489 e. The molecule has 7 heteroatoms. The van der Waals surface area contributed by atoms with E-state index in [1.54, 1.807) is 18.2 Å². The number of benzene rings is 1. The van der Waals surface area contributed by atoms with E-state index in [1.165, 1.54) is 6.07 Å². The van der Waals surface area contributed by atoms with Gasteiger partial charge in [-0.15, -0.1) is 12.4 Å². The first-order chi connectivity index (χ1) is 9.70. The van der Waals surface area contributed by atoms with E-state index in [2.05, 4.69) is 5.32 Å². The molecule has 0 unspecified atom stereocenters. The van der Waals surface area contributed by atoms with E-state index in [-0.39, 0.29) is 36.8 Å². The Labute approximate surface area is 129 Å². The summed E-state index contributed by atoms with van der Waals surface area (Å²) in [7, 11) is 0. The SMILES string of the molecule is Cl.NC[C@H]1CC[C@@H](C(=O)NCCOc2ccccc2F)O1. The van der Waals surface area contributed by atoms with Gasteiger partial charge in [0.05, 0.1) is 12.6 Å². The lowest BCUT2D eigenvalue weighted by Crippen LogP contribution is -2.37. The summed E-state index contributed by atoms with van der Waals surface area (Å²) in [6, 6.07) is 6.15. The maximum absolute atomic E-state index is 13.3. The topological polar surface area (TPSA) is 73.6 Å². The second kappa shape index (κ2) is 8.81. The molecule has 1 saturated heterocycles. The lowest BCUT2D eigenvalue weighted by atomic mass is 10.2. The molecule has 2 atom stereocenters. The van der Waals surface area contributed by atoms with Gasteiger partial charge in [-0.3, -0.25) is 4.79 Å². The highest BCUT2D eigenvalue weighted by Crippen LogP contribution is 2.18. The zero-order chi connectivity index (χ0) is 14.4. The van der Waals surface area contributed by atoms with Crippen molar-refractivity contribution < 1.29 is 18.7 Å². The Morgan fingerprint density at radius 1 is 1.43 bits per heavy atom. The third-order valence-corrected chi connectivity index (χ3v) is 3.16. The van der Waals surface area contributed by atoms with Crippen LogP contribution < -0.4 is 15.8 Å². The van der Waals surface area contributed by atoms with Crippen molar-refractivity contribution in [3.05, 3.63) is 30.1 Å². The van der Waals surface area contributed by atoms with Crippen molar-refractivity contribution in [1.82, 2.24) is 5.32 Å². The van der Waals surface area contributed by atoms with Crippen LogP contribution in [0.4, 0.5) is 4.39 Å². The summed E-state index contributed by atoms with van der Waals surface area (Å²) in [5.41, 5.74) is 5.48. The molecule has 0 spiro atoms. The van der Waals surface area contributed by atoms with Crippen LogP contribution >= 0.6 is 12.4 Å². The van der Waals surface area contributed by atoms with Gasteiger partial charge in [0, 0.05) is 6.54 Å². The molecule has 1 aromatic rings. The Kier molecular flexibility index (Phi) is 7.42. The normalized spacial score (nSPS) is 20.7. The van der Waals surface area contributed by atoms with Crippen molar-refractivity contribution in [3.63, 3.8) is 0 Å². The van der Waals surface area contributed by atoms with Crippen LogP contribution in [0.15, 0.2) is 24.3 Å². The van der Waals surface area contributed by atoms with Gasteiger partial charge in [0.1, 0.15) is 12.7 Å². The fourth-order valence-corrected chi connectivity index (χ4v) is 2.08. The molecule has 0 saturated carbocycles. The van der Waals surface area contributed by atoms with Gasteiger partial charge >= 0.3 is 0 Å². The molecule has 1 aliphatic rings. The van der Waals surface area contributed by atoms with Crippen molar-refractivity contribution >= 4 is 18.3 Å². The highest BCUT2D eigenvalue weighted by molar-refractivity contribution is 5.85. The quantitative estimate of drug-likeness (QED) is 0.774. The van der Waals surface area contributed by atoms with Crippen molar-refractivity contribution in [2.45, 2.75) is 25.0 Å². The highest BCUT2D eigenvalue weighted by Gasteiger charge is 2.29. The summed E-state index contributed by atoms with van der Waals surface area (Å²) in [4.78, 5) is 11.8. The van der Waals surface area contributed by atoms with Gasteiger partial charge < -0.3 is 20.5 Å². The third-order valence-electron chi connectivity index (χ3n) is 3.16. The number of carbonyl (C=O) groups is 1. The number of halogens is 2. The molecule has 1 heterocycles. The van der Waals surface area contributed by atoms with Crippen LogP contribution in [0.3, 0.4) is 0 Å². The summed E-state index contributed by atoms with van der Waals surface area (Å²) < 4.78 is 24.0. The molecule has 0 aromatic heterocycles. The first-order valence-corrected chi connectivity index (χ1v) is 6.71. The molecule has 1 aliphatic heterocycles. The largest absolute Gasteiger partial charge is 0.489 e. The first kappa shape index (κ1) is 17.7. The van der Waals surface area contributed by atoms with Crippen LogP contribution in [-0.4, -0.2) is 37.8 Å². The summed E-state index contributed by atoms with van der Waals surface area (Å²) >= 11 is 0.